The third-order valence-corrected chi connectivity index (χ3v) is 3.71. The van der Waals surface area contributed by atoms with E-state index in [4.69, 9.17) is 9.47 Å². The Labute approximate surface area is 109 Å². The largest absolute Gasteiger partial charge is 0.462 e. The van der Waals surface area contributed by atoms with Crippen LogP contribution < -0.4 is 0 Å². The van der Waals surface area contributed by atoms with Gasteiger partial charge in [-0.05, 0) is 24.7 Å². The molecule has 0 aromatic heterocycles. The normalized spacial score (nSPS) is 32.1. The first-order valence-corrected chi connectivity index (χ1v) is 6.65. The topological polar surface area (TPSA) is 52.6 Å². The van der Waals surface area contributed by atoms with Crippen molar-refractivity contribution >= 4 is 11.9 Å². The van der Waals surface area contributed by atoms with Gasteiger partial charge >= 0.3 is 11.9 Å². The van der Waals surface area contributed by atoms with Gasteiger partial charge in [0.15, 0.2) is 0 Å². The van der Waals surface area contributed by atoms with Gasteiger partial charge < -0.3 is 9.47 Å². The van der Waals surface area contributed by atoms with Crippen LogP contribution >= 0.6 is 0 Å². The number of hydrogen-bond donors (Lipinski definition) is 0. The van der Waals surface area contributed by atoms with E-state index in [-0.39, 0.29) is 36.0 Å². The Morgan fingerprint density at radius 3 is 1.94 bits per heavy atom. The van der Waals surface area contributed by atoms with Crippen LogP contribution in [0.5, 0.6) is 0 Å². The lowest BCUT2D eigenvalue weighted by Crippen LogP contribution is -2.43. The Hall–Kier alpha value is -1.06. The summed E-state index contributed by atoms with van der Waals surface area (Å²) < 4.78 is 10.8. The maximum absolute atomic E-state index is 11.1. The first-order chi connectivity index (χ1) is 8.31. The molecule has 1 aliphatic rings. The fraction of sp³-hybridized carbons (Fsp3) is 0.857. The number of carbonyl (C=O) groups is 2. The second-order valence-corrected chi connectivity index (χ2v) is 5.65. The molecule has 4 atom stereocenters. The van der Waals surface area contributed by atoms with E-state index in [1.54, 1.807) is 0 Å². The Morgan fingerprint density at radius 2 is 1.50 bits per heavy atom. The molecule has 104 valence electrons. The van der Waals surface area contributed by atoms with E-state index in [0.717, 1.165) is 12.8 Å². The molecule has 0 spiro atoms. The zero-order valence-corrected chi connectivity index (χ0v) is 11.9. The lowest BCUT2D eigenvalue weighted by Gasteiger charge is -2.40. The van der Waals surface area contributed by atoms with Crippen LogP contribution in [-0.4, -0.2) is 24.1 Å². The minimum Gasteiger partial charge on any atom is -0.462 e. The fourth-order valence-corrected chi connectivity index (χ4v) is 2.77. The number of esters is 2. The van der Waals surface area contributed by atoms with Gasteiger partial charge in [-0.3, -0.25) is 9.59 Å². The van der Waals surface area contributed by atoms with Crippen molar-refractivity contribution in [1.82, 2.24) is 0 Å². The highest BCUT2D eigenvalue weighted by molar-refractivity contribution is 5.66. The number of rotatable bonds is 3. The van der Waals surface area contributed by atoms with E-state index in [1.807, 2.05) is 6.92 Å². The third-order valence-electron chi connectivity index (χ3n) is 3.71. The van der Waals surface area contributed by atoms with Crippen molar-refractivity contribution in [2.45, 2.75) is 59.7 Å². The lowest BCUT2D eigenvalue weighted by atomic mass is 9.73. The van der Waals surface area contributed by atoms with Crippen molar-refractivity contribution in [3.05, 3.63) is 0 Å². The van der Waals surface area contributed by atoms with Crippen LogP contribution in [0.25, 0.3) is 0 Å². The van der Waals surface area contributed by atoms with E-state index < -0.39 is 0 Å². The first-order valence-electron chi connectivity index (χ1n) is 6.65. The van der Waals surface area contributed by atoms with Crippen molar-refractivity contribution in [2.24, 2.45) is 17.8 Å². The summed E-state index contributed by atoms with van der Waals surface area (Å²) in [6.07, 6.45) is 1.43. The van der Waals surface area contributed by atoms with Crippen molar-refractivity contribution < 1.29 is 19.1 Å². The molecular weight excluding hydrogens is 232 g/mol. The van der Waals surface area contributed by atoms with Gasteiger partial charge in [-0.25, -0.2) is 0 Å². The summed E-state index contributed by atoms with van der Waals surface area (Å²) in [7, 11) is 0. The Balaban J connectivity index is 2.74. The predicted molar refractivity (Wildman–Crippen MR) is 67.8 cm³/mol. The van der Waals surface area contributed by atoms with Crippen LogP contribution in [0.4, 0.5) is 0 Å². The first kappa shape index (κ1) is 15.0. The van der Waals surface area contributed by atoms with Crippen molar-refractivity contribution in [2.75, 3.05) is 0 Å². The third kappa shape index (κ3) is 4.00. The monoisotopic (exact) mass is 256 g/mol. The molecule has 18 heavy (non-hydrogen) atoms. The smallest absolute Gasteiger partial charge is 0.302 e. The van der Waals surface area contributed by atoms with Crippen LogP contribution in [0.3, 0.4) is 0 Å². The van der Waals surface area contributed by atoms with Crippen LogP contribution in [0.15, 0.2) is 0 Å². The summed E-state index contributed by atoms with van der Waals surface area (Å²) in [4.78, 5) is 22.2. The molecule has 1 rings (SSSR count). The molecule has 1 saturated carbocycles. The summed E-state index contributed by atoms with van der Waals surface area (Å²) in [5.74, 6) is 0.423. The van der Waals surface area contributed by atoms with Gasteiger partial charge in [-0.1, -0.05) is 20.8 Å². The second kappa shape index (κ2) is 6.21. The Bertz CT molecular complexity index is 311. The maximum atomic E-state index is 11.1. The summed E-state index contributed by atoms with van der Waals surface area (Å²) in [5.41, 5.74) is 0. The minimum absolute atomic E-state index is 0.0516. The molecular formula is C14H24O4. The lowest BCUT2D eigenvalue weighted by molar-refractivity contribution is -0.166. The summed E-state index contributed by atoms with van der Waals surface area (Å²) in [6.45, 7) is 9.15. The van der Waals surface area contributed by atoms with Crippen molar-refractivity contribution in [1.29, 1.82) is 0 Å². The molecule has 4 nitrogen and oxygen atoms in total. The van der Waals surface area contributed by atoms with E-state index in [0.29, 0.717) is 5.92 Å². The highest BCUT2D eigenvalue weighted by Gasteiger charge is 2.39. The van der Waals surface area contributed by atoms with E-state index in [2.05, 4.69) is 13.8 Å². The van der Waals surface area contributed by atoms with Gasteiger partial charge in [0.05, 0.1) is 0 Å². The minimum atomic E-state index is -0.236. The molecule has 1 fully saturated rings. The van der Waals surface area contributed by atoms with Gasteiger partial charge in [0.1, 0.15) is 12.2 Å². The van der Waals surface area contributed by atoms with E-state index in [1.165, 1.54) is 13.8 Å². The predicted octanol–water partition coefficient (Wildman–Crippen LogP) is 2.55. The molecule has 0 amide bonds. The molecule has 0 bridgehead atoms. The van der Waals surface area contributed by atoms with Gasteiger partial charge in [0, 0.05) is 19.8 Å². The highest BCUT2D eigenvalue weighted by atomic mass is 16.6. The molecule has 4 heteroatoms. The van der Waals surface area contributed by atoms with Crippen LogP contribution in [0, 0.1) is 17.8 Å². The van der Waals surface area contributed by atoms with Crippen molar-refractivity contribution in [3.63, 3.8) is 0 Å². The molecule has 0 radical (unpaired) electrons. The maximum Gasteiger partial charge on any atom is 0.302 e. The van der Waals surface area contributed by atoms with Gasteiger partial charge in [0.25, 0.3) is 0 Å². The van der Waals surface area contributed by atoms with Gasteiger partial charge in [-0.2, -0.15) is 0 Å². The molecule has 0 heterocycles. The Morgan fingerprint density at radius 1 is 1.00 bits per heavy atom. The highest BCUT2D eigenvalue weighted by Crippen LogP contribution is 2.37. The van der Waals surface area contributed by atoms with Gasteiger partial charge in [-0.15, -0.1) is 0 Å². The zero-order chi connectivity index (χ0) is 13.9. The van der Waals surface area contributed by atoms with E-state index in [9.17, 15) is 9.59 Å². The molecule has 0 aromatic rings. The molecule has 1 aliphatic carbocycles. The molecule has 0 aromatic carbocycles. The van der Waals surface area contributed by atoms with Crippen LogP contribution in [0.2, 0.25) is 0 Å². The van der Waals surface area contributed by atoms with Gasteiger partial charge in [0.2, 0.25) is 0 Å². The quantitative estimate of drug-likeness (QED) is 0.728. The molecule has 0 aliphatic heterocycles. The number of carbonyl (C=O) groups excluding carboxylic acids is 2. The molecule has 0 unspecified atom stereocenters. The van der Waals surface area contributed by atoms with E-state index >= 15 is 0 Å². The number of ether oxygens (including phenoxy) is 2. The van der Waals surface area contributed by atoms with Crippen molar-refractivity contribution in [3.8, 4) is 0 Å². The molecule has 0 saturated heterocycles. The second-order valence-electron chi connectivity index (χ2n) is 5.65. The average Bonchev–Trinajstić information content (AvgIpc) is 2.19. The summed E-state index contributed by atoms with van der Waals surface area (Å²) in [6, 6.07) is 0. The number of hydrogen-bond acceptors (Lipinski definition) is 4. The zero-order valence-electron chi connectivity index (χ0n) is 11.9. The average molecular weight is 256 g/mol. The van der Waals surface area contributed by atoms with Crippen LogP contribution in [0.1, 0.15) is 47.5 Å². The summed E-state index contributed by atoms with van der Waals surface area (Å²) >= 11 is 0. The molecule has 0 N–H and O–H groups in total. The van der Waals surface area contributed by atoms with Crippen LogP contribution in [-0.2, 0) is 19.1 Å². The summed E-state index contributed by atoms with van der Waals surface area (Å²) in [5, 5.41) is 0. The Kier molecular flexibility index (Phi) is 5.17. The fourth-order valence-electron chi connectivity index (χ4n) is 2.77. The standard InChI is InChI=1S/C14H24O4/c1-8(2)12-7-13(17-10(4)15)9(3)6-14(12)18-11(5)16/h8-9,12-14H,6-7H2,1-5H3/t9-,12-,13-,14+/m0/s1. The SMILES string of the molecule is CC(=O)O[C@H]1C[C@@H](C(C)C)[C@H](OC(C)=O)C[C@@H]1C.